The van der Waals surface area contributed by atoms with Gasteiger partial charge in [0, 0.05) is 30.6 Å². The fraction of sp³-hybridized carbons (Fsp3) is 0.562. The molecule has 4 nitrogen and oxygen atoms in total. The van der Waals surface area contributed by atoms with Gasteiger partial charge in [-0.25, -0.2) is 4.79 Å². The molecule has 116 valence electrons. The number of nitrogens with zero attached hydrogens (tertiary/aromatic N) is 1. The number of hydrogen-bond donors (Lipinski definition) is 1. The van der Waals surface area contributed by atoms with E-state index in [4.69, 9.17) is 4.74 Å². The third-order valence-electron chi connectivity index (χ3n) is 3.29. The quantitative estimate of drug-likeness (QED) is 0.868. The standard InChI is InChI=1S/C16H24N2O2S/c1-16(2,3)20-15(19)18-10-13(11-18)17-9-12-5-7-14(21-4)8-6-12/h5-8,13,17H,9-11H2,1-4H3. The number of nitrogens with one attached hydrogen (secondary N) is 1. The maximum atomic E-state index is 11.8. The van der Waals surface area contributed by atoms with E-state index in [1.165, 1.54) is 10.5 Å². The number of amides is 1. The number of carbonyl (C=O) groups excluding carboxylic acids is 1. The zero-order chi connectivity index (χ0) is 15.5. The van der Waals surface area contributed by atoms with Gasteiger partial charge in [-0.3, -0.25) is 0 Å². The van der Waals surface area contributed by atoms with Crippen molar-refractivity contribution in [2.75, 3.05) is 19.3 Å². The van der Waals surface area contributed by atoms with Crippen LogP contribution in [0.2, 0.25) is 0 Å². The van der Waals surface area contributed by atoms with Crippen LogP contribution in [0.15, 0.2) is 29.2 Å². The lowest BCUT2D eigenvalue weighted by Gasteiger charge is -2.40. The minimum Gasteiger partial charge on any atom is -0.444 e. The Balaban J connectivity index is 1.69. The molecule has 0 spiro atoms. The van der Waals surface area contributed by atoms with E-state index >= 15 is 0 Å². The highest BCUT2D eigenvalue weighted by atomic mass is 32.2. The molecule has 1 saturated heterocycles. The van der Waals surface area contributed by atoms with E-state index in [0.717, 1.165) is 19.6 Å². The van der Waals surface area contributed by atoms with Crippen molar-refractivity contribution in [1.82, 2.24) is 10.2 Å². The summed E-state index contributed by atoms with van der Waals surface area (Å²) in [6, 6.07) is 8.91. The summed E-state index contributed by atoms with van der Waals surface area (Å²) < 4.78 is 5.34. The van der Waals surface area contributed by atoms with Crippen LogP contribution in [0.3, 0.4) is 0 Å². The lowest BCUT2D eigenvalue weighted by molar-refractivity contribution is 0.00519. The maximum absolute atomic E-state index is 11.8. The second-order valence-electron chi connectivity index (χ2n) is 6.31. The lowest BCUT2D eigenvalue weighted by atomic mass is 10.1. The molecule has 0 bridgehead atoms. The molecule has 0 radical (unpaired) electrons. The highest BCUT2D eigenvalue weighted by Crippen LogP contribution is 2.17. The van der Waals surface area contributed by atoms with Gasteiger partial charge in [0.25, 0.3) is 0 Å². The molecule has 0 atom stereocenters. The predicted molar refractivity (Wildman–Crippen MR) is 86.7 cm³/mol. The third kappa shape index (κ3) is 4.93. The third-order valence-corrected chi connectivity index (χ3v) is 4.03. The second kappa shape index (κ2) is 6.71. The first-order chi connectivity index (χ1) is 9.87. The van der Waals surface area contributed by atoms with Gasteiger partial charge in [-0.05, 0) is 44.7 Å². The van der Waals surface area contributed by atoms with Crippen molar-refractivity contribution in [2.45, 2.75) is 43.9 Å². The Kier molecular flexibility index (Phi) is 5.17. The molecule has 0 aliphatic carbocycles. The highest BCUT2D eigenvalue weighted by Gasteiger charge is 2.33. The van der Waals surface area contributed by atoms with Crippen molar-refractivity contribution in [3.8, 4) is 0 Å². The molecule has 1 aliphatic rings. The summed E-state index contributed by atoms with van der Waals surface area (Å²) in [7, 11) is 0. The van der Waals surface area contributed by atoms with Gasteiger partial charge in [0.15, 0.2) is 0 Å². The van der Waals surface area contributed by atoms with Gasteiger partial charge < -0.3 is 15.0 Å². The Morgan fingerprint density at radius 2 is 1.95 bits per heavy atom. The first-order valence-corrected chi connectivity index (χ1v) is 8.44. The molecule has 1 N–H and O–H groups in total. The van der Waals surface area contributed by atoms with Gasteiger partial charge in [0.2, 0.25) is 0 Å². The van der Waals surface area contributed by atoms with Crippen LogP contribution >= 0.6 is 11.8 Å². The number of hydrogen-bond acceptors (Lipinski definition) is 4. The molecule has 1 heterocycles. The van der Waals surface area contributed by atoms with Gasteiger partial charge in [-0.1, -0.05) is 12.1 Å². The molecule has 1 aromatic rings. The number of benzene rings is 1. The summed E-state index contributed by atoms with van der Waals surface area (Å²) in [4.78, 5) is 14.8. The smallest absolute Gasteiger partial charge is 0.410 e. The molecule has 1 aliphatic heterocycles. The van der Waals surface area contributed by atoms with Crippen molar-refractivity contribution in [3.63, 3.8) is 0 Å². The Bertz CT molecular complexity index is 476. The summed E-state index contributed by atoms with van der Waals surface area (Å²) >= 11 is 1.75. The minimum atomic E-state index is -0.422. The van der Waals surface area contributed by atoms with E-state index in [1.807, 2.05) is 20.8 Å². The van der Waals surface area contributed by atoms with E-state index in [2.05, 4.69) is 35.8 Å². The van der Waals surface area contributed by atoms with Gasteiger partial charge >= 0.3 is 6.09 Å². The van der Waals surface area contributed by atoms with E-state index in [9.17, 15) is 4.79 Å². The molecular weight excluding hydrogens is 284 g/mol. The summed E-state index contributed by atoms with van der Waals surface area (Å²) in [5.74, 6) is 0. The monoisotopic (exact) mass is 308 g/mol. The number of carbonyl (C=O) groups is 1. The molecule has 1 amide bonds. The van der Waals surface area contributed by atoms with Crippen LogP contribution in [0.1, 0.15) is 26.3 Å². The lowest BCUT2D eigenvalue weighted by Crippen LogP contribution is -2.60. The van der Waals surface area contributed by atoms with E-state index < -0.39 is 5.60 Å². The largest absolute Gasteiger partial charge is 0.444 e. The first-order valence-electron chi connectivity index (χ1n) is 7.21. The fourth-order valence-corrected chi connectivity index (χ4v) is 2.50. The topological polar surface area (TPSA) is 41.6 Å². The van der Waals surface area contributed by atoms with Crippen molar-refractivity contribution >= 4 is 17.9 Å². The molecule has 0 aromatic heterocycles. The van der Waals surface area contributed by atoms with Crippen molar-refractivity contribution < 1.29 is 9.53 Å². The van der Waals surface area contributed by atoms with Gasteiger partial charge in [0.05, 0.1) is 0 Å². The number of ether oxygens (including phenoxy) is 1. The van der Waals surface area contributed by atoms with Crippen LogP contribution in [0.25, 0.3) is 0 Å². The molecule has 2 rings (SSSR count). The molecule has 0 saturated carbocycles. The predicted octanol–water partition coefficient (Wildman–Crippen LogP) is 3.12. The molecular formula is C16H24N2O2S. The van der Waals surface area contributed by atoms with Gasteiger partial charge in [-0.15, -0.1) is 11.8 Å². The first kappa shape index (κ1) is 16.2. The zero-order valence-corrected chi connectivity index (χ0v) is 14.0. The Morgan fingerprint density at radius 3 is 2.48 bits per heavy atom. The van der Waals surface area contributed by atoms with Gasteiger partial charge in [0.1, 0.15) is 5.60 Å². The zero-order valence-electron chi connectivity index (χ0n) is 13.2. The molecule has 21 heavy (non-hydrogen) atoms. The molecule has 0 unspecified atom stereocenters. The van der Waals surface area contributed by atoms with E-state index in [-0.39, 0.29) is 6.09 Å². The Hall–Kier alpha value is -1.20. The van der Waals surface area contributed by atoms with Crippen LogP contribution in [0.5, 0.6) is 0 Å². The van der Waals surface area contributed by atoms with Crippen LogP contribution < -0.4 is 5.32 Å². The van der Waals surface area contributed by atoms with Crippen LogP contribution in [-0.4, -0.2) is 42.0 Å². The maximum Gasteiger partial charge on any atom is 0.410 e. The SMILES string of the molecule is CSc1ccc(CNC2CN(C(=O)OC(C)(C)C)C2)cc1. The Morgan fingerprint density at radius 1 is 1.33 bits per heavy atom. The average molecular weight is 308 g/mol. The van der Waals surface area contributed by atoms with Crippen LogP contribution in [0, 0.1) is 0 Å². The Labute approximate surface area is 131 Å². The fourth-order valence-electron chi connectivity index (χ4n) is 2.09. The van der Waals surface area contributed by atoms with E-state index in [1.54, 1.807) is 16.7 Å². The molecule has 5 heteroatoms. The van der Waals surface area contributed by atoms with Crippen molar-refractivity contribution in [2.24, 2.45) is 0 Å². The normalized spacial score (nSPS) is 15.7. The second-order valence-corrected chi connectivity index (χ2v) is 7.19. The molecule has 1 fully saturated rings. The van der Waals surface area contributed by atoms with Crippen LogP contribution in [0.4, 0.5) is 4.79 Å². The average Bonchev–Trinajstić information content (AvgIpc) is 2.35. The summed E-state index contributed by atoms with van der Waals surface area (Å²) in [5.41, 5.74) is 0.845. The highest BCUT2D eigenvalue weighted by molar-refractivity contribution is 7.98. The summed E-state index contributed by atoms with van der Waals surface area (Å²) in [6.07, 6.45) is 1.86. The number of likely N-dealkylation sites (tertiary alicyclic amines) is 1. The minimum absolute atomic E-state index is 0.218. The van der Waals surface area contributed by atoms with Gasteiger partial charge in [-0.2, -0.15) is 0 Å². The number of rotatable bonds is 4. The van der Waals surface area contributed by atoms with E-state index in [0.29, 0.717) is 6.04 Å². The van der Waals surface area contributed by atoms with Crippen molar-refractivity contribution in [1.29, 1.82) is 0 Å². The summed E-state index contributed by atoms with van der Waals surface area (Å²) in [6.45, 7) is 7.94. The van der Waals surface area contributed by atoms with Crippen LogP contribution in [-0.2, 0) is 11.3 Å². The summed E-state index contributed by atoms with van der Waals surface area (Å²) in [5, 5.41) is 3.46. The molecule has 1 aromatic carbocycles. The van der Waals surface area contributed by atoms with Crippen molar-refractivity contribution in [3.05, 3.63) is 29.8 Å². The number of thioether (sulfide) groups is 1.